The number of halogens is 1. The lowest BCUT2D eigenvalue weighted by atomic mass is 10.1. The molecule has 0 fully saturated rings. The van der Waals surface area contributed by atoms with Gasteiger partial charge in [0.25, 0.3) is 5.91 Å². The van der Waals surface area contributed by atoms with E-state index in [9.17, 15) is 22.8 Å². The molecule has 0 saturated heterocycles. The number of sulfonamides is 1. The van der Waals surface area contributed by atoms with Crippen molar-refractivity contribution in [2.45, 2.75) is 17.9 Å². The molecule has 3 amide bonds. The molecule has 1 heterocycles. The molecule has 0 radical (unpaired) electrons. The Morgan fingerprint density at radius 2 is 1.71 bits per heavy atom. The second kappa shape index (κ2) is 15.7. The number of anilines is 1. The van der Waals surface area contributed by atoms with Crippen LogP contribution in [0.1, 0.15) is 17.1 Å². The number of hydrogen-bond acceptors (Lipinski definition) is 8. The lowest BCUT2D eigenvalue weighted by molar-refractivity contribution is -0.136. The molecule has 4 rings (SSSR count). The number of amides is 3. The predicted molar refractivity (Wildman–Crippen MR) is 168 cm³/mol. The Morgan fingerprint density at radius 1 is 0.956 bits per heavy atom. The molecule has 0 aliphatic rings. The average Bonchev–Trinajstić information content (AvgIpc) is 3.49. The summed E-state index contributed by atoms with van der Waals surface area (Å²) in [5, 5.41) is 9.15. The van der Waals surface area contributed by atoms with E-state index in [1.54, 1.807) is 30.3 Å². The molecule has 0 bridgehead atoms. The number of carbonyl (C=O) groups excluding carboxylic acids is 3. The molecular formula is C31H30ClN5O7S. The quantitative estimate of drug-likeness (QED) is 0.113. The first kappa shape index (κ1) is 32.9. The summed E-state index contributed by atoms with van der Waals surface area (Å²) in [6, 6.07) is 24.7. The van der Waals surface area contributed by atoms with Gasteiger partial charge in [-0.15, -0.1) is 0 Å². The number of ether oxygens (including phenoxy) is 1. The van der Waals surface area contributed by atoms with Gasteiger partial charge in [-0.05, 0) is 66.6 Å². The first-order valence-electron chi connectivity index (χ1n) is 13.6. The van der Waals surface area contributed by atoms with E-state index in [1.165, 1.54) is 43.7 Å². The van der Waals surface area contributed by atoms with E-state index in [0.29, 0.717) is 28.6 Å². The summed E-state index contributed by atoms with van der Waals surface area (Å²) in [6.07, 6.45) is 1.61. The SMILES string of the molecule is COc1ccc(S(=O)(=O)N(CCc2ccccc2)CC(=O)N/N=C\c2ccc(CNC(=O)C(=O)Nc3cccc(Cl)c3)o2)cc1. The topological polar surface area (TPSA) is 159 Å². The van der Waals surface area contributed by atoms with Gasteiger partial charge in [0.05, 0.1) is 31.3 Å². The highest BCUT2D eigenvalue weighted by molar-refractivity contribution is 7.89. The lowest BCUT2D eigenvalue weighted by Crippen LogP contribution is -2.40. The number of hydrogen-bond donors (Lipinski definition) is 3. The number of carbonyl (C=O) groups is 3. The lowest BCUT2D eigenvalue weighted by Gasteiger charge is -2.21. The van der Waals surface area contributed by atoms with Crippen molar-refractivity contribution in [2.75, 3.05) is 25.5 Å². The van der Waals surface area contributed by atoms with Crippen LogP contribution < -0.4 is 20.8 Å². The van der Waals surface area contributed by atoms with E-state index in [-0.39, 0.29) is 23.7 Å². The van der Waals surface area contributed by atoms with Crippen LogP contribution >= 0.6 is 11.6 Å². The van der Waals surface area contributed by atoms with Crippen molar-refractivity contribution < 1.29 is 32.0 Å². The second-order valence-corrected chi connectivity index (χ2v) is 11.9. The van der Waals surface area contributed by atoms with Gasteiger partial charge in [0.2, 0.25) is 10.0 Å². The summed E-state index contributed by atoms with van der Waals surface area (Å²) in [5.41, 5.74) is 3.60. The highest BCUT2D eigenvalue weighted by Gasteiger charge is 2.26. The molecule has 0 aliphatic carbocycles. The number of hydrazone groups is 1. The van der Waals surface area contributed by atoms with Crippen LogP contribution in [0, 0.1) is 0 Å². The Bertz CT molecular complexity index is 1760. The van der Waals surface area contributed by atoms with E-state index >= 15 is 0 Å². The van der Waals surface area contributed by atoms with Gasteiger partial charge < -0.3 is 19.8 Å². The monoisotopic (exact) mass is 651 g/mol. The van der Waals surface area contributed by atoms with Crippen LogP contribution in [0.25, 0.3) is 0 Å². The number of furan rings is 1. The Labute approximate surface area is 265 Å². The molecule has 0 saturated carbocycles. The maximum Gasteiger partial charge on any atom is 0.313 e. The van der Waals surface area contributed by atoms with E-state index < -0.39 is 34.3 Å². The molecule has 1 aromatic heterocycles. The van der Waals surface area contributed by atoms with Crippen LogP contribution in [0.2, 0.25) is 5.02 Å². The Kier molecular flexibility index (Phi) is 11.5. The molecule has 12 nitrogen and oxygen atoms in total. The minimum absolute atomic E-state index is 0.0183. The van der Waals surface area contributed by atoms with Crippen LogP contribution in [0.5, 0.6) is 5.75 Å². The zero-order chi connectivity index (χ0) is 32.2. The number of rotatable bonds is 13. The molecule has 3 aromatic carbocycles. The largest absolute Gasteiger partial charge is 0.497 e. The van der Waals surface area contributed by atoms with Gasteiger partial charge in [0.15, 0.2) is 0 Å². The molecule has 0 aliphatic heterocycles. The summed E-state index contributed by atoms with van der Waals surface area (Å²) in [6.45, 7) is -0.507. The Balaban J connectivity index is 1.32. The summed E-state index contributed by atoms with van der Waals surface area (Å²) in [5.74, 6) is -1.35. The zero-order valence-corrected chi connectivity index (χ0v) is 25.7. The normalized spacial score (nSPS) is 11.4. The van der Waals surface area contributed by atoms with Gasteiger partial charge in [-0.25, -0.2) is 13.8 Å². The highest BCUT2D eigenvalue weighted by Crippen LogP contribution is 2.20. The van der Waals surface area contributed by atoms with Crippen molar-refractivity contribution in [3.8, 4) is 5.75 Å². The van der Waals surface area contributed by atoms with Gasteiger partial charge in [0.1, 0.15) is 17.3 Å². The van der Waals surface area contributed by atoms with Gasteiger partial charge in [-0.3, -0.25) is 14.4 Å². The van der Waals surface area contributed by atoms with Gasteiger partial charge >= 0.3 is 11.8 Å². The van der Waals surface area contributed by atoms with E-state index in [2.05, 4.69) is 21.2 Å². The first-order valence-corrected chi connectivity index (χ1v) is 15.4. The first-order chi connectivity index (χ1) is 21.6. The number of methoxy groups -OCH3 is 1. The fourth-order valence-electron chi connectivity index (χ4n) is 4.00. The van der Waals surface area contributed by atoms with Crippen molar-refractivity contribution >= 4 is 51.2 Å². The van der Waals surface area contributed by atoms with Gasteiger partial charge in [-0.2, -0.15) is 9.41 Å². The zero-order valence-electron chi connectivity index (χ0n) is 24.1. The fourth-order valence-corrected chi connectivity index (χ4v) is 5.59. The van der Waals surface area contributed by atoms with Crippen molar-refractivity contribution in [1.29, 1.82) is 0 Å². The number of benzene rings is 3. The molecule has 14 heteroatoms. The number of nitrogens with one attached hydrogen (secondary N) is 3. The van der Waals surface area contributed by atoms with Crippen molar-refractivity contribution in [3.05, 3.63) is 113 Å². The van der Waals surface area contributed by atoms with E-state index in [4.69, 9.17) is 20.8 Å². The van der Waals surface area contributed by atoms with E-state index in [1.807, 2.05) is 30.3 Å². The summed E-state index contributed by atoms with van der Waals surface area (Å²) in [4.78, 5) is 37.0. The molecular weight excluding hydrogens is 622 g/mol. The third kappa shape index (κ3) is 9.76. The van der Waals surface area contributed by atoms with Crippen molar-refractivity contribution in [1.82, 2.24) is 15.0 Å². The van der Waals surface area contributed by atoms with Crippen LogP contribution in [-0.4, -0.2) is 56.9 Å². The minimum Gasteiger partial charge on any atom is -0.497 e. The van der Waals surface area contributed by atoms with Crippen LogP contribution in [0.4, 0.5) is 5.69 Å². The minimum atomic E-state index is -4.03. The molecule has 0 atom stereocenters. The third-order valence-corrected chi connectivity index (χ3v) is 8.38. The molecule has 234 valence electrons. The molecule has 3 N–H and O–H groups in total. The molecule has 0 spiro atoms. The fraction of sp³-hybridized carbons (Fsp3) is 0.161. The maximum absolute atomic E-state index is 13.4. The predicted octanol–water partition coefficient (Wildman–Crippen LogP) is 3.58. The summed E-state index contributed by atoms with van der Waals surface area (Å²) < 4.78 is 38.6. The Morgan fingerprint density at radius 3 is 2.42 bits per heavy atom. The summed E-state index contributed by atoms with van der Waals surface area (Å²) >= 11 is 5.88. The average molecular weight is 652 g/mol. The van der Waals surface area contributed by atoms with E-state index in [0.717, 1.165) is 9.87 Å². The molecule has 0 unspecified atom stereocenters. The molecule has 45 heavy (non-hydrogen) atoms. The van der Waals surface area contributed by atoms with Crippen LogP contribution in [-0.2, 0) is 37.4 Å². The van der Waals surface area contributed by atoms with Crippen molar-refractivity contribution in [3.63, 3.8) is 0 Å². The third-order valence-electron chi connectivity index (χ3n) is 6.29. The summed E-state index contributed by atoms with van der Waals surface area (Å²) in [7, 11) is -2.55. The maximum atomic E-state index is 13.4. The van der Waals surface area contributed by atoms with Crippen molar-refractivity contribution in [2.24, 2.45) is 5.10 Å². The number of nitrogens with zero attached hydrogens (tertiary/aromatic N) is 2. The second-order valence-electron chi connectivity index (χ2n) is 9.49. The standard InChI is InChI=1S/C31H30ClN5O7S/c1-43-25-12-14-28(15-13-25)45(41,42)37(17-16-22-6-3-2-4-7-22)21-29(38)36-34-20-27-11-10-26(44-27)19-33-30(39)31(40)35-24-9-5-8-23(32)18-24/h2-15,18,20H,16-17,19,21H2,1H3,(H,33,39)(H,35,40)(H,36,38)/b34-20-. The van der Waals surface area contributed by atoms with Gasteiger partial charge in [-0.1, -0.05) is 48.0 Å². The van der Waals surface area contributed by atoms with Crippen LogP contribution in [0.15, 0.2) is 105 Å². The Hall–Kier alpha value is -4.98. The van der Waals surface area contributed by atoms with Gasteiger partial charge in [0, 0.05) is 17.3 Å². The highest BCUT2D eigenvalue weighted by atomic mass is 35.5. The van der Waals surface area contributed by atoms with Crippen LogP contribution in [0.3, 0.4) is 0 Å². The smallest absolute Gasteiger partial charge is 0.313 e. The molecule has 4 aromatic rings.